The van der Waals surface area contributed by atoms with Gasteiger partial charge in [0.1, 0.15) is 0 Å². The van der Waals surface area contributed by atoms with Crippen LogP contribution >= 0.6 is 0 Å². The molecule has 1 saturated heterocycles. The van der Waals surface area contributed by atoms with E-state index in [1.807, 2.05) is 13.8 Å². The Morgan fingerprint density at radius 1 is 1.36 bits per heavy atom. The summed E-state index contributed by atoms with van der Waals surface area (Å²) in [5.74, 6) is 0. The first-order chi connectivity index (χ1) is 5.27. The molecule has 0 amide bonds. The van der Waals surface area contributed by atoms with E-state index in [2.05, 4.69) is 13.8 Å². The van der Waals surface area contributed by atoms with E-state index in [4.69, 9.17) is 4.74 Å². The van der Waals surface area contributed by atoms with Crippen molar-refractivity contribution >= 4 is 0 Å². The van der Waals surface area contributed by atoms with Gasteiger partial charge >= 0.3 is 0 Å². The average Bonchev–Trinajstić information content (AvgIpc) is 2.41. The third-order valence-electron chi connectivity index (χ3n) is 2.08. The fourth-order valence-electron chi connectivity index (χ4n) is 1.56. The highest BCUT2D eigenvalue weighted by Gasteiger charge is 2.27. The number of hydrogen-bond acceptors (Lipinski definition) is 1. The topological polar surface area (TPSA) is 9.23 Å². The zero-order chi connectivity index (χ0) is 8.74. The van der Waals surface area contributed by atoms with Crippen LogP contribution in [0.2, 0.25) is 0 Å². The van der Waals surface area contributed by atoms with Crippen LogP contribution in [0.3, 0.4) is 0 Å². The quantitative estimate of drug-likeness (QED) is 0.598. The molecule has 1 aliphatic heterocycles. The van der Waals surface area contributed by atoms with Crippen molar-refractivity contribution < 1.29 is 4.74 Å². The molecule has 1 nitrogen and oxygen atoms in total. The first-order valence-electron chi connectivity index (χ1n) is 4.91. The summed E-state index contributed by atoms with van der Waals surface area (Å²) in [4.78, 5) is 0. The van der Waals surface area contributed by atoms with Crippen molar-refractivity contribution in [2.75, 3.05) is 6.61 Å². The second kappa shape index (κ2) is 5.59. The molecule has 1 rings (SSSR count). The smallest absolute Gasteiger partial charge is 0.0655 e. The molecule has 0 aromatic rings. The summed E-state index contributed by atoms with van der Waals surface area (Å²) in [6.07, 6.45) is 5.00. The fraction of sp³-hybridized carbons (Fsp3) is 1.00. The second-order valence-corrected chi connectivity index (χ2v) is 3.15. The number of hydrogen-bond donors (Lipinski definition) is 0. The zero-order valence-electron chi connectivity index (χ0n) is 8.44. The molecule has 1 heteroatoms. The van der Waals surface area contributed by atoms with Crippen LogP contribution in [0.5, 0.6) is 0 Å². The Morgan fingerprint density at radius 3 is 2.36 bits per heavy atom. The SMILES string of the molecule is CC.CCCC1(C)CCCO1. The van der Waals surface area contributed by atoms with E-state index in [1.54, 1.807) is 0 Å². The van der Waals surface area contributed by atoms with E-state index in [-0.39, 0.29) is 5.60 Å². The summed E-state index contributed by atoms with van der Waals surface area (Å²) in [5.41, 5.74) is 0.245. The van der Waals surface area contributed by atoms with Gasteiger partial charge in [0.05, 0.1) is 5.60 Å². The van der Waals surface area contributed by atoms with Gasteiger partial charge in [0, 0.05) is 6.61 Å². The Bertz CT molecular complexity index is 82.9. The van der Waals surface area contributed by atoms with Gasteiger partial charge in [-0.1, -0.05) is 27.2 Å². The van der Waals surface area contributed by atoms with Crippen molar-refractivity contribution in [3.63, 3.8) is 0 Å². The van der Waals surface area contributed by atoms with Crippen LogP contribution in [0.4, 0.5) is 0 Å². The molecule has 68 valence electrons. The van der Waals surface area contributed by atoms with E-state index in [0.717, 1.165) is 6.61 Å². The van der Waals surface area contributed by atoms with Crippen LogP contribution in [0.25, 0.3) is 0 Å². The monoisotopic (exact) mass is 158 g/mol. The van der Waals surface area contributed by atoms with Gasteiger partial charge in [-0.2, -0.15) is 0 Å². The maximum atomic E-state index is 5.58. The lowest BCUT2D eigenvalue weighted by Crippen LogP contribution is -2.21. The Kier molecular flexibility index (Phi) is 5.57. The first-order valence-corrected chi connectivity index (χ1v) is 4.91. The largest absolute Gasteiger partial charge is 0.375 e. The Morgan fingerprint density at radius 2 is 2.00 bits per heavy atom. The van der Waals surface area contributed by atoms with Crippen LogP contribution in [0, 0.1) is 0 Å². The zero-order valence-corrected chi connectivity index (χ0v) is 8.44. The molecule has 0 N–H and O–H groups in total. The lowest BCUT2D eigenvalue weighted by molar-refractivity contribution is 0.0128. The van der Waals surface area contributed by atoms with Gasteiger partial charge in [-0.25, -0.2) is 0 Å². The molecular formula is C10H22O. The average molecular weight is 158 g/mol. The molecule has 1 unspecified atom stereocenters. The van der Waals surface area contributed by atoms with Crippen molar-refractivity contribution in [2.45, 2.75) is 59.0 Å². The summed E-state index contributed by atoms with van der Waals surface area (Å²) in [5, 5.41) is 0. The third kappa shape index (κ3) is 3.76. The lowest BCUT2D eigenvalue weighted by atomic mass is 9.97. The van der Waals surface area contributed by atoms with Gasteiger partial charge in [-0.05, 0) is 26.2 Å². The molecule has 1 atom stereocenters. The molecule has 0 aromatic carbocycles. The van der Waals surface area contributed by atoms with Gasteiger partial charge in [-0.15, -0.1) is 0 Å². The molecule has 0 aliphatic carbocycles. The van der Waals surface area contributed by atoms with Crippen LogP contribution in [0.1, 0.15) is 53.4 Å². The van der Waals surface area contributed by atoms with E-state index in [0.29, 0.717) is 0 Å². The maximum absolute atomic E-state index is 5.58. The molecular weight excluding hydrogens is 136 g/mol. The van der Waals surface area contributed by atoms with Crippen molar-refractivity contribution in [3.8, 4) is 0 Å². The summed E-state index contributed by atoms with van der Waals surface area (Å²) in [6, 6.07) is 0. The summed E-state index contributed by atoms with van der Waals surface area (Å²) in [7, 11) is 0. The van der Waals surface area contributed by atoms with Crippen molar-refractivity contribution in [3.05, 3.63) is 0 Å². The molecule has 0 bridgehead atoms. The second-order valence-electron chi connectivity index (χ2n) is 3.15. The van der Waals surface area contributed by atoms with Gasteiger partial charge in [0.2, 0.25) is 0 Å². The van der Waals surface area contributed by atoms with Crippen LogP contribution < -0.4 is 0 Å². The molecule has 1 heterocycles. The molecule has 1 fully saturated rings. The van der Waals surface area contributed by atoms with Gasteiger partial charge in [0.25, 0.3) is 0 Å². The molecule has 0 saturated carbocycles. The molecule has 11 heavy (non-hydrogen) atoms. The first kappa shape index (κ1) is 11.0. The molecule has 0 aromatic heterocycles. The summed E-state index contributed by atoms with van der Waals surface area (Å²) in [6.45, 7) is 9.42. The summed E-state index contributed by atoms with van der Waals surface area (Å²) >= 11 is 0. The molecule has 1 aliphatic rings. The normalized spacial score (nSPS) is 29.5. The van der Waals surface area contributed by atoms with Gasteiger partial charge < -0.3 is 4.74 Å². The Hall–Kier alpha value is -0.0400. The Balaban J connectivity index is 0.000000461. The van der Waals surface area contributed by atoms with Crippen molar-refractivity contribution in [1.29, 1.82) is 0 Å². The van der Waals surface area contributed by atoms with E-state index in [1.165, 1.54) is 25.7 Å². The molecule has 0 radical (unpaired) electrons. The highest BCUT2D eigenvalue weighted by atomic mass is 16.5. The minimum Gasteiger partial charge on any atom is -0.375 e. The third-order valence-corrected chi connectivity index (χ3v) is 2.08. The lowest BCUT2D eigenvalue weighted by Gasteiger charge is -2.21. The van der Waals surface area contributed by atoms with Crippen LogP contribution in [-0.2, 0) is 4.74 Å². The highest BCUT2D eigenvalue weighted by Crippen LogP contribution is 2.29. The van der Waals surface area contributed by atoms with Gasteiger partial charge in [-0.3, -0.25) is 0 Å². The van der Waals surface area contributed by atoms with Crippen molar-refractivity contribution in [1.82, 2.24) is 0 Å². The predicted octanol–water partition coefficient (Wildman–Crippen LogP) is 3.38. The van der Waals surface area contributed by atoms with Gasteiger partial charge in [0.15, 0.2) is 0 Å². The van der Waals surface area contributed by atoms with Crippen LogP contribution in [-0.4, -0.2) is 12.2 Å². The molecule has 0 spiro atoms. The summed E-state index contributed by atoms with van der Waals surface area (Å²) < 4.78 is 5.58. The standard InChI is InChI=1S/C8H16O.C2H6/c1-3-5-8(2)6-4-7-9-8;1-2/h3-7H2,1-2H3;1-2H3. The minimum absolute atomic E-state index is 0.245. The van der Waals surface area contributed by atoms with Crippen molar-refractivity contribution in [2.24, 2.45) is 0 Å². The predicted molar refractivity (Wildman–Crippen MR) is 49.8 cm³/mol. The fourth-order valence-corrected chi connectivity index (χ4v) is 1.56. The van der Waals surface area contributed by atoms with E-state index >= 15 is 0 Å². The Labute approximate surface area is 71.1 Å². The van der Waals surface area contributed by atoms with Crippen LogP contribution in [0.15, 0.2) is 0 Å². The number of rotatable bonds is 2. The van der Waals surface area contributed by atoms with E-state index < -0.39 is 0 Å². The van der Waals surface area contributed by atoms with E-state index in [9.17, 15) is 0 Å². The highest BCUT2D eigenvalue weighted by molar-refractivity contribution is 4.78. The minimum atomic E-state index is 0.245. The number of ether oxygens (including phenoxy) is 1. The maximum Gasteiger partial charge on any atom is 0.0655 e.